The molecule has 1 amide bonds. The number of thiazole rings is 1. The second-order valence-electron chi connectivity index (χ2n) is 5.77. The molecule has 0 fully saturated rings. The highest BCUT2D eigenvalue weighted by Gasteiger charge is 2.21. The van der Waals surface area contributed by atoms with Crippen molar-refractivity contribution in [3.63, 3.8) is 0 Å². The molecule has 0 spiro atoms. The molecule has 124 valence electrons. The van der Waals surface area contributed by atoms with E-state index in [-0.39, 0.29) is 18.1 Å². The molecule has 0 aliphatic carbocycles. The van der Waals surface area contributed by atoms with Crippen molar-refractivity contribution >= 4 is 34.6 Å². The molecule has 5 nitrogen and oxygen atoms in total. The Balaban J connectivity index is 1.98. The maximum Gasteiger partial charge on any atom is 0.350 e. The summed E-state index contributed by atoms with van der Waals surface area (Å²) in [5, 5.41) is 5.58. The number of carbonyl (C=O) groups excluding carboxylic acids is 2. The number of ether oxygens (including phenoxy) is 1. The fraction of sp³-hybridized carbons (Fsp3) is 0.438. The summed E-state index contributed by atoms with van der Waals surface area (Å²) < 4.78 is 5.11. The molecule has 1 N–H and O–H groups in total. The standard InChI is InChI=1S/C16H20N2O3S2/c1-5-16(3,4)18-12(19)9-21-15(20)13-10(2)17-14(23-13)11-7-6-8-22-11/h6-8H,5,9H2,1-4H3,(H,18,19). The number of hydrogen-bond acceptors (Lipinski definition) is 6. The molecule has 0 aromatic carbocycles. The first-order valence-electron chi connectivity index (χ1n) is 7.32. The van der Waals surface area contributed by atoms with Crippen LogP contribution in [0.5, 0.6) is 0 Å². The van der Waals surface area contributed by atoms with E-state index >= 15 is 0 Å². The Morgan fingerprint density at radius 1 is 1.39 bits per heavy atom. The number of esters is 1. The van der Waals surface area contributed by atoms with Gasteiger partial charge in [0.1, 0.15) is 9.88 Å². The maximum absolute atomic E-state index is 12.2. The number of hydrogen-bond donors (Lipinski definition) is 1. The number of aryl methyl sites for hydroxylation is 1. The second-order valence-corrected chi connectivity index (χ2v) is 7.72. The van der Waals surface area contributed by atoms with Crippen molar-refractivity contribution in [1.29, 1.82) is 0 Å². The lowest BCUT2D eigenvalue weighted by Gasteiger charge is -2.24. The van der Waals surface area contributed by atoms with E-state index in [1.807, 2.05) is 38.3 Å². The fourth-order valence-corrected chi connectivity index (χ4v) is 3.55. The molecular formula is C16H20N2O3S2. The third-order valence-corrected chi connectivity index (χ3v) is 5.59. The van der Waals surface area contributed by atoms with Crippen LogP contribution in [0.1, 0.15) is 42.6 Å². The van der Waals surface area contributed by atoms with Gasteiger partial charge in [0.2, 0.25) is 0 Å². The number of nitrogens with one attached hydrogen (secondary N) is 1. The highest BCUT2D eigenvalue weighted by molar-refractivity contribution is 7.22. The minimum Gasteiger partial charge on any atom is -0.451 e. The van der Waals surface area contributed by atoms with E-state index in [9.17, 15) is 9.59 Å². The van der Waals surface area contributed by atoms with Crippen LogP contribution in [0.3, 0.4) is 0 Å². The van der Waals surface area contributed by atoms with Gasteiger partial charge in [-0.2, -0.15) is 0 Å². The summed E-state index contributed by atoms with van der Waals surface area (Å²) in [5.41, 5.74) is 0.314. The number of thiophene rings is 1. The Hall–Kier alpha value is -1.73. The van der Waals surface area contributed by atoms with Crippen LogP contribution in [0, 0.1) is 6.92 Å². The molecule has 0 aliphatic heterocycles. The van der Waals surface area contributed by atoms with Crippen LogP contribution >= 0.6 is 22.7 Å². The fourth-order valence-electron chi connectivity index (χ4n) is 1.79. The lowest BCUT2D eigenvalue weighted by molar-refractivity contribution is -0.125. The van der Waals surface area contributed by atoms with Crippen molar-refractivity contribution in [2.24, 2.45) is 0 Å². The number of carbonyl (C=O) groups is 2. The molecule has 0 atom stereocenters. The van der Waals surface area contributed by atoms with Crippen molar-refractivity contribution in [2.75, 3.05) is 6.61 Å². The third-order valence-electron chi connectivity index (χ3n) is 3.41. The van der Waals surface area contributed by atoms with Crippen molar-refractivity contribution in [3.8, 4) is 9.88 Å². The van der Waals surface area contributed by atoms with Gasteiger partial charge < -0.3 is 10.1 Å². The van der Waals surface area contributed by atoms with Gasteiger partial charge >= 0.3 is 5.97 Å². The zero-order valence-electron chi connectivity index (χ0n) is 13.6. The molecule has 2 heterocycles. The molecule has 0 bridgehead atoms. The Morgan fingerprint density at radius 2 is 2.13 bits per heavy atom. The molecule has 2 aromatic heterocycles. The van der Waals surface area contributed by atoms with Gasteiger partial charge in [0.15, 0.2) is 6.61 Å². The molecule has 7 heteroatoms. The SMILES string of the molecule is CCC(C)(C)NC(=O)COC(=O)c1sc(-c2cccs2)nc1C. The van der Waals surface area contributed by atoms with Gasteiger partial charge in [0.25, 0.3) is 5.91 Å². The molecule has 0 radical (unpaired) electrons. The van der Waals surface area contributed by atoms with Crippen LogP contribution in [-0.4, -0.2) is 29.0 Å². The highest BCUT2D eigenvalue weighted by atomic mass is 32.1. The van der Waals surface area contributed by atoms with Gasteiger partial charge in [-0.05, 0) is 38.6 Å². The van der Waals surface area contributed by atoms with E-state index in [2.05, 4.69) is 10.3 Å². The van der Waals surface area contributed by atoms with Gasteiger partial charge in [-0.1, -0.05) is 13.0 Å². The van der Waals surface area contributed by atoms with Gasteiger partial charge in [-0.25, -0.2) is 9.78 Å². The lowest BCUT2D eigenvalue weighted by Crippen LogP contribution is -2.44. The molecule has 2 rings (SSSR count). The Morgan fingerprint density at radius 3 is 2.74 bits per heavy atom. The summed E-state index contributed by atoms with van der Waals surface area (Å²) in [6.45, 7) is 7.32. The monoisotopic (exact) mass is 352 g/mol. The number of amides is 1. The van der Waals surface area contributed by atoms with Crippen LogP contribution in [0.4, 0.5) is 0 Å². The summed E-state index contributed by atoms with van der Waals surface area (Å²) in [6.07, 6.45) is 0.796. The van der Waals surface area contributed by atoms with Crippen molar-refractivity contribution in [3.05, 3.63) is 28.1 Å². The van der Waals surface area contributed by atoms with Gasteiger partial charge in [-0.15, -0.1) is 22.7 Å². The van der Waals surface area contributed by atoms with E-state index in [1.54, 1.807) is 18.3 Å². The molecule has 0 unspecified atom stereocenters. The quantitative estimate of drug-likeness (QED) is 0.806. The molecule has 23 heavy (non-hydrogen) atoms. The van der Waals surface area contributed by atoms with E-state index in [0.717, 1.165) is 16.3 Å². The van der Waals surface area contributed by atoms with Gasteiger partial charge in [-0.3, -0.25) is 4.79 Å². The van der Waals surface area contributed by atoms with Crippen LogP contribution in [0.15, 0.2) is 17.5 Å². The molecule has 0 saturated heterocycles. The molecule has 2 aromatic rings. The largest absolute Gasteiger partial charge is 0.451 e. The first-order valence-corrected chi connectivity index (χ1v) is 9.01. The Bertz CT molecular complexity index is 690. The first kappa shape index (κ1) is 17.6. The number of aromatic nitrogens is 1. The maximum atomic E-state index is 12.2. The van der Waals surface area contributed by atoms with E-state index in [1.165, 1.54) is 11.3 Å². The predicted octanol–water partition coefficient (Wildman–Crippen LogP) is 3.64. The smallest absolute Gasteiger partial charge is 0.350 e. The number of rotatable bonds is 6. The summed E-state index contributed by atoms with van der Waals surface area (Å²) in [4.78, 5) is 29.8. The van der Waals surface area contributed by atoms with Crippen molar-refractivity contribution in [1.82, 2.24) is 10.3 Å². The van der Waals surface area contributed by atoms with Crippen LogP contribution in [0.2, 0.25) is 0 Å². The second kappa shape index (κ2) is 7.23. The van der Waals surface area contributed by atoms with E-state index in [0.29, 0.717) is 10.6 Å². The zero-order valence-corrected chi connectivity index (χ0v) is 15.3. The van der Waals surface area contributed by atoms with Crippen molar-refractivity contribution < 1.29 is 14.3 Å². The predicted molar refractivity (Wildman–Crippen MR) is 93.0 cm³/mol. The molecule has 0 aliphatic rings. The van der Waals surface area contributed by atoms with Crippen LogP contribution in [0.25, 0.3) is 9.88 Å². The topological polar surface area (TPSA) is 68.3 Å². The average molecular weight is 352 g/mol. The molecular weight excluding hydrogens is 332 g/mol. The lowest BCUT2D eigenvalue weighted by atomic mass is 10.0. The summed E-state index contributed by atoms with van der Waals surface area (Å²) in [6, 6.07) is 3.90. The van der Waals surface area contributed by atoms with Crippen LogP contribution in [-0.2, 0) is 9.53 Å². The third kappa shape index (κ3) is 4.62. The first-order chi connectivity index (χ1) is 10.8. The van der Waals surface area contributed by atoms with E-state index < -0.39 is 5.97 Å². The van der Waals surface area contributed by atoms with Gasteiger partial charge in [0.05, 0.1) is 10.6 Å². The summed E-state index contributed by atoms with van der Waals surface area (Å²) >= 11 is 2.86. The number of nitrogens with zero attached hydrogens (tertiary/aromatic N) is 1. The van der Waals surface area contributed by atoms with Crippen LogP contribution < -0.4 is 5.32 Å². The molecule has 0 saturated carbocycles. The van der Waals surface area contributed by atoms with Gasteiger partial charge in [0, 0.05) is 5.54 Å². The summed E-state index contributed by atoms with van der Waals surface area (Å²) in [5.74, 6) is -0.807. The normalized spacial score (nSPS) is 11.3. The van der Waals surface area contributed by atoms with Crippen molar-refractivity contribution in [2.45, 2.75) is 39.7 Å². The highest BCUT2D eigenvalue weighted by Crippen LogP contribution is 2.31. The minimum atomic E-state index is -0.507. The zero-order chi connectivity index (χ0) is 17.0. The summed E-state index contributed by atoms with van der Waals surface area (Å²) in [7, 11) is 0. The Kier molecular flexibility index (Phi) is 5.54. The Labute approximate surface area is 143 Å². The minimum absolute atomic E-state index is 0.284. The van der Waals surface area contributed by atoms with E-state index in [4.69, 9.17) is 4.74 Å². The average Bonchev–Trinajstić information content (AvgIpc) is 3.13.